The van der Waals surface area contributed by atoms with E-state index in [0.717, 1.165) is 94.9 Å². The number of amides is 6. The monoisotopic (exact) mass is 1920 g/mol. The number of aliphatic hydroxyl groups excluding tert-OH is 1. The van der Waals surface area contributed by atoms with Gasteiger partial charge in [-0.1, -0.05) is 63.8 Å². The molecule has 29 nitrogen and oxygen atoms in total. The quantitative estimate of drug-likeness (QED) is 0.0176. The lowest BCUT2D eigenvalue weighted by molar-refractivity contribution is -0.172. The van der Waals surface area contributed by atoms with Crippen LogP contribution in [0, 0.1) is 29.6 Å². The molecule has 7 atom stereocenters. The molecular formula is C86H99F15N12O17SSi. The van der Waals surface area contributed by atoms with Crippen LogP contribution in [0.5, 0.6) is 0 Å². The van der Waals surface area contributed by atoms with E-state index in [9.17, 15) is 127 Å². The van der Waals surface area contributed by atoms with Crippen molar-refractivity contribution < 1.29 is 137 Å². The average molecular weight is 1920 g/mol. The number of ether oxygens (including phenoxy) is 1. The van der Waals surface area contributed by atoms with Crippen LogP contribution in [-0.4, -0.2) is 180 Å². The molecule has 0 aliphatic carbocycles. The Hall–Kier alpha value is -11.6. The molecule has 6 amide bonds. The van der Waals surface area contributed by atoms with Crippen LogP contribution in [0.1, 0.15) is 107 Å². The molecule has 0 bridgehead atoms. The standard InChI is InChI=1S/C20H32N6O3Si.C14H15F3N2O3.C14H16F3NO4S.C13H14F3NO2.C13H12F3NO2.C12H10F3NO3/c1-6-8-24-18-16(19(27)25(9-7-2)20(24)28)26(14-29-10-11-30(3,4)5)17(23-18)15-12-21-22-13-15;1-18(22-2)13(21)9-6-12(20)19(8-9)11-5-3-4-10(7-11)14(15,16)17;1-9(22-23(2,20)21)10-6-13(19)18(8-10)12-5-3-4-11(7-12)14(15,16)17;2*1-8(18)9-5-12(19)17(7-9)11-4-2-3-10(6-11)13(14,15)16;13-12(14,15)8-2-1-3-9(5-8)16-6-7(11(18)19)4-10(16)17/h12-13H,6-11,14H2,1-5H3,(H,21,22);3-5,7,9H,6,8H2,1-2H3;3-5,7,9-10H,6,8H2,1-2H3;2-4,6,8-9,18H,5,7H2,1H3;2-4,6,9H,5,7H2,1H3;1-3,5,7H,4,6H2,(H,18,19). The van der Waals surface area contributed by atoms with Crippen molar-refractivity contribution in [3.63, 3.8) is 0 Å². The summed E-state index contributed by atoms with van der Waals surface area (Å²) in [6.07, 6.45) is -18.0. The van der Waals surface area contributed by atoms with Gasteiger partial charge in [-0.15, -0.1) is 0 Å². The number of hydroxylamine groups is 2. The summed E-state index contributed by atoms with van der Waals surface area (Å²) in [5.74, 6) is -5.44. The van der Waals surface area contributed by atoms with Crippen LogP contribution in [0.25, 0.3) is 22.6 Å². The van der Waals surface area contributed by atoms with Gasteiger partial charge in [0.2, 0.25) is 29.5 Å². The number of H-pyrrole nitrogens is 1. The number of nitrogens with one attached hydrogen (secondary N) is 1. The number of Topliss-reactive ketones (excluding diaryl/α,β-unsaturated/α-hetero) is 1. The van der Waals surface area contributed by atoms with E-state index < -0.39 is 125 Å². The number of aromatic nitrogens is 6. The Morgan fingerprint density at radius 2 is 0.909 bits per heavy atom. The highest BCUT2D eigenvalue weighted by molar-refractivity contribution is 7.86. The van der Waals surface area contributed by atoms with Gasteiger partial charge in [-0.25, -0.2) is 14.8 Å². The molecule has 5 aromatic carbocycles. The van der Waals surface area contributed by atoms with E-state index in [0.29, 0.717) is 43.1 Å². The summed E-state index contributed by atoms with van der Waals surface area (Å²) in [5, 5.41) is 26.1. The molecule has 0 spiro atoms. The number of imidazole rings is 1. The third kappa shape index (κ3) is 28.2. The van der Waals surface area contributed by atoms with Gasteiger partial charge in [0, 0.05) is 152 Å². The van der Waals surface area contributed by atoms with E-state index in [2.05, 4.69) is 29.8 Å². The van der Waals surface area contributed by atoms with Crippen molar-refractivity contribution in [2.45, 2.75) is 168 Å². The zero-order valence-corrected chi connectivity index (χ0v) is 75.1. The number of nitrogens with zero attached hydrogens (tertiary/aromatic N) is 11. The van der Waals surface area contributed by atoms with E-state index in [-0.39, 0.29) is 152 Å². The number of rotatable bonds is 23. The normalized spacial score (nSPS) is 18.4. The van der Waals surface area contributed by atoms with Crippen LogP contribution in [-0.2, 0) is 113 Å². The molecule has 720 valence electrons. The Bertz CT molecular complexity index is 5590. The Morgan fingerprint density at radius 3 is 1.24 bits per heavy atom. The first-order valence-corrected chi connectivity index (χ1v) is 46.7. The summed E-state index contributed by atoms with van der Waals surface area (Å²) in [5.41, 5.74) is -2.43. The number of halogens is 15. The van der Waals surface area contributed by atoms with Crippen LogP contribution in [0.3, 0.4) is 0 Å². The summed E-state index contributed by atoms with van der Waals surface area (Å²) in [6, 6.07) is 23.6. The molecule has 8 heterocycles. The topological polar surface area (TPSA) is 349 Å². The number of aliphatic hydroxyl groups is 1. The third-order valence-corrected chi connectivity index (χ3v) is 24.0. The maximum absolute atomic E-state index is 13.3. The molecule has 7 unspecified atom stereocenters. The first kappa shape index (κ1) is 106. The van der Waals surface area contributed by atoms with E-state index in [4.69, 9.17) is 23.8 Å². The van der Waals surface area contributed by atoms with Gasteiger partial charge in [-0.05, 0) is 131 Å². The number of ketones is 1. The molecule has 46 heteroatoms. The summed E-state index contributed by atoms with van der Waals surface area (Å²) in [4.78, 5) is 135. The van der Waals surface area contributed by atoms with Gasteiger partial charge in [0.05, 0.1) is 77.0 Å². The fourth-order valence-corrected chi connectivity index (χ4v) is 15.9. The number of hydrogen-bond donors (Lipinski definition) is 3. The minimum atomic E-state index is -4.50. The van der Waals surface area contributed by atoms with Crippen LogP contribution >= 0.6 is 0 Å². The summed E-state index contributed by atoms with van der Waals surface area (Å²) >= 11 is 0. The lowest BCUT2D eigenvalue weighted by Gasteiger charge is -2.20. The minimum Gasteiger partial charge on any atom is -0.481 e. The van der Waals surface area contributed by atoms with Crippen molar-refractivity contribution in [1.29, 1.82) is 0 Å². The molecule has 5 saturated heterocycles. The van der Waals surface area contributed by atoms with Crippen LogP contribution in [0.4, 0.5) is 94.3 Å². The molecule has 5 fully saturated rings. The maximum Gasteiger partial charge on any atom is 0.416 e. The Labute approximate surface area is 748 Å². The number of carboxylic acids is 1. The van der Waals surface area contributed by atoms with Gasteiger partial charge < -0.3 is 39.4 Å². The second-order valence-electron chi connectivity index (χ2n) is 32.9. The minimum absolute atomic E-state index is 0.0208. The van der Waals surface area contributed by atoms with E-state index in [1.54, 1.807) is 28.5 Å². The maximum atomic E-state index is 13.3. The number of hydrogen-bond acceptors (Lipinski definition) is 18. The number of carbonyl (C=O) groups is 8. The molecule has 8 aromatic rings. The van der Waals surface area contributed by atoms with Crippen LogP contribution < -0.4 is 35.7 Å². The smallest absolute Gasteiger partial charge is 0.416 e. The zero-order valence-electron chi connectivity index (χ0n) is 73.3. The van der Waals surface area contributed by atoms with E-state index >= 15 is 0 Å². The number of aromatic amines is 1. The number of aliphatic carboxylic acids is 1. The van der Waals surface area contributed by atoms with Crippen molar-refractivity contribution in [3.05, 3.63) is 182 Å². The van der Waals surface area contributed by atoms with E-state index in [1.807, 2.05) is 13.8 Å². The van der Waals surface area contributed by atoms with Gasteiger partial charge in [0.25, 0.3) is 21.6 Å². The number of benzene rings is 5. The van der Waals surface area contributed by atoms with Crippen molar-refractivity contribution in [2.75, 3.05) is 84.2 Å². The van der Waals surface area contributed by atoms with Crippen molar-refractivity contribution in [3.8, 4) is 11.4 Å². The van der Waals surface area contributed by atoms with Crippen molar-refractivity contribution >= 4 is 105 Å². The lowest BCUT2D eigenvalue weighted by Crippen LogP contribution is -2.40. The van der Waals surface area contributed by atoms with Crippen LogP contribution in [0.2, 0.25) is 25.7 Å². The Balaban J connectivity index is 0.000000197. The zero-order chi connectivity index (χ0) is 98.4. The molecule has 5 aliphatic rings. The number of carboxylic acid groups (broad SMARTS) is 1. The molecule has 0 radical (unpaired) electrons. The molecule has 0 saturated carbocycles. The van der Waals surface area contributed by atoms with Gasteiger partial charge in [0.15, 0.2) is 11.2 Å². The highest BCUT2D eigenvalue weighted by atomic mass is 32.2. The Morgan fingerprint density at radius 1 is 0.545 bits per heavy atom. The number of anilines is 5. The molecule has 5 aliphatic heterocycles. The highest BCUT2D eigenvalue weighted by Gasteiger charge is 2.44. The van der Waals surface area contributed by atoms with Crippen LogP contribution in [0.15, 0.2) is 143 Å². The molecule has 3 N–H and O–H groups in total. The lowest BCUT2D eigenvalue weighted by atomic mass is 10.0. The van der Waals surface area contributed by atoms with Crippen molar-refractivity contribution in [1.82, 2.24) is 33.9 Å². The van der Waals surface area contributed by atoms with Gasteiger partial charge in [-0.3, -0.25) is 71.0 Å². The number of carbonyl (C=O) groups excluding carboxylic acids is 7. The van der Waals surface area contributed by atoms with Gasteiger partial charge >= 0.3 is 42.5 Å². The van der Waals surface area contributed by atoms with Gasteiger partial charge in [-0.2, -0.15) is 79.4 Å². The second-order valence-corrected chi connectivity index (χ2v) is 40.1. The van der Waals surface area contributed by atoms with E-state index in [1.165, 1.54) is 113 Å². The molecular weight excluding hydrogens is 1820 g/mol. The molecule has 132 heavy (non-hydrogen) atoms. The number of aryl methyl sites for hydroxylation is 1. The fourth-order valence-electron chi connectivity index (χ4n) is 14.4. The first-order chi connectivity index (χ1) is 61.3. The number of alkyl halides is 15. The second kappa shape index (κ2) is 43.8. The third-order valence-electron chi connectivity index (χ3n) is 21.6. The van der Waals surface area contributed by atoms with Gasteiger partial charge in [0.1, 0.15) is 18.3 Å². The Kier molecular flexibility index (Phi) is 35.1. The largest absolute Gasteiger partial charge is 0.481 e. The average Bonchev–Trinajstić information content (AvgIpc) is 1.57. The van der Waals surface area contributed by atoms with Crippen molar-refractivity contribution in [2.24, 2.45) is 29.6 Å². The fraction of sp³-hybridized carbons (Fsp3) is 0.465. The summed E-state index contributed by atoms with van der Waals surface area (Å²) < 4.78 is 228. The summed E-state index contributed by atoms with van der Waals surface area (Å²) in [7, 11) is -2.16. The SMILES string of the molecule is CC(=O)C1CC(=O)N(c2cccc(C(F)(F)F)c2)C1.CC(O)C1CC(=O)N(c2cccc(C(F)(F)F)c2)C1.CC(OS(C)(=O)=O)C1CC(=O)N(c2cccc(C(F)(F)F)c2)C1.CCCn1c(=O)c2c(nc(-c3cn[nH]c3)n2COCC[Si](C)(C)C)n(CCC)c1=O.CON(C)C(=O)C1CC(=O)N(c2cccc(C(F)(F)F)c2)C1.O=C(O)C1CC(=O)N(c2cccc(C(F)(F)F)c2)C1. The molecule has 3 aromatic heterocycles. The first-order valence-electron chi connectivity index (χ1n) is 41.2. The molecule has 13 rings (SSSR count). The predicted octanol–water partition coefficient (Wildman–Crippen LogP) is 14.6. The summed E-state index contributed by atoms with van der Waals surface area (Å²) in [6.45, 7) is 17.5. The highest BCUT2D eigenvalue weighted by Crippen LogP contribution is 2.41. The predicted molar refractivity (Wildman–Crippen MR) is 455 cm³/mol. The number of fused-ring (bicyclic) bond motifs is 1.